The molecule has 2 nitrogen and oxygen atoms in total. The van der Waals surface area contributed by atoms with Crippen LogP contribution in [0.25, 0.3) is 0 Å². The van der Waals surface area contributed by atoms with E-state index in [2.05, 4.69) is 9.78 Å². The van der Waals surface area contributed by atoms with Gasteiger partial charge in [-0.1, -0.05) is 21.6 Å². The summed E-state index contributed by atoms with van der Waals surface area (Å²) in [6, 6.07) is 0. The van der Waals surface area contributed by atoms with Gasteiger partial charge in [0.25, 0.3) is 0 Å². The number of hydrogen-bond acceptors (Lipinski definition) is 4. The first kappa shape index (κ1) is 7.62. The van der Waals surface area contributed by atoms with Gasteiger partial charge in [-0.15, -0.1) is 0 Å². The predicted octanol–water partition coefficient (Wildman–Crippen LogP) is 1.53. The molecule has 4 heteroatoms. The van der Waals surface area contributed by atoms with Gasteiger partial charge in [0.15, 0.2) is 0 Å². The van der Waals surface area contributed by atoms with Crippen molar-refractivity contribution in [2.75, 3.05) is 19.3 Å². The lowest BCUT2D eigenvalue weighted by atomic mass is 11.7. The summed E-state index contributed by atoms with van der Waals surface area (Å²) in [6.07, 6.45) is 1.99. The van der Waals surface area contributed by atoms with Crippen molar-refractivity contribution in [2.24, 2.45) is 0 Å². The molecule has 0 N–H and O–H groups in total. The second kappa shape index (κ2) is 6.62. The minimum Gasteiger partial charge on any atom is -0.239 e. The standard InChI is InChI=1S/C3H8O2S2/c1-4-5-3-7-6-2/h3H2,1-2H3. The number of rotatable bonds is 4. The fourth-order valence-electron chi connectivity index (χ4n) is 0.116. The van der Waals surface area contributed by atoms with Gasteiger partial charge in [-0.25, -0.2) is 9.78 Å². The van der Waals surface area contributed by atoms with Crippen LogP contribution < -0.4 is 0 Å². The maximum atomic E-state index is 4.52. The van der Waals surface area contributed by atoms with Gasteiger partial charge in [0, 0.05) is 0 Å². The zero-order chi connectivity index (χ0) is 5.54. The van der Waals surface area contributed by atoms with Crippen molar-refractivity contribution in [3.8, 4) is 0 Å². The van der Waals surface area contributed by atoms with Crippen molar-refractivity contribution in [1.29, 1.82) is 0 Å². The molecule has 0 amide bonds. The average molecular weight is 140 g/mol. The van der Waals surface area contributed by atoms with Crippen LogP contribution >= 0.6 is 21.6 Å². The summed E-state index contributed by atoms with van der Waals surface area (Å²) in [5.74, 6) is 0.595. The van der Waals surface area contributed by atoms with Crippen LogP contribution in [0.15, 0.2) is 0 Å². The molecule has 0 saturated heterocycles. The Morgan fingerprint density at radius 2 is 2.29 bits per heavy atom. The fourth-order valence-corrected chi connectivity index (χ4v) is 0.754. The van der Waals surface area contributed by atoms with Gasteiger partial charge in [0.1, 0.15) is 5.94 Å². The Kier molecular flexibility index (Phi) is 7.21. The molecule has 0 heterocycles. The zero-order valence-electron chi connectivity index (χ0n) is 4.34. The molecule has 0 aromatic rings. The van der Waals surface area contributed by atoms with Gasteiger partial charge in [0.05, 0.1) is 7.11 Å². The summed E-state index contributed by atoms with van der Waals surface area (Å²) < 4.78 is 0. The van der Waals surface area contributed by atoms with Crippen LogP contribution in [0, 0.1) is 0 Å². The van der Waals surface area contributed by atoms with Crippen molar-refractivity contribution < 1.29 is 9.78 Å². The maximum Gasteiger partial charge on any atom is 0.138 e. The molecule has 0 rings (SSSR count). The molecular formula is C3H8O2S2. The highest BCUT2D eigenvalue weighted by Crippen LogP contribution is 2.15. The molecular weight excluding hydrogens is 132 g/mol. The third-order valence-electron chi connectivity index (χ3n) is 0.332. The minimum absolute atomic E-state index is 0.595. The number of hydrogen-bond donors (Lipinski definition) is 0. The van der Waals surface area contributed by atoms with E-state index in [4.69, 9.17) is 0 Å². The molecule has 0 unspecified atom stereocenters. The third-order valence-corrected chi connectivity index (χ3v) is 1.76. The lowest BCUT2D eigenvalue weighted by Gasteiger charge is -1.93. The summed E-state index contributed by atoms with van der Waals surface area (Å²) in [4.78, 5) is 8.83. The van der Waals surface area contributed by atoms with Crippen LogP contribution in [0.2, 0.25) is 0 Å². The molecule has 0 aromatic carbocycles. The van der Waals surface area contributed by atoms with E-state index in [1.54, 1.807) is 21.6 Å². The molecule has 0 saturated carbocycles. The summed E-state index contributed by atoms with van der Waals surface area (Å²) in [6.45, 7) is 0. The molecule has 0 bridgehead atoms. The summed E-state index contributed by atoms with van der Waals surface area (Å²) in [5, 5.41) is 0. The summed E-state index contributed by atoms with van der Waals surface area (Å²) >= 11 is 0. The maximum absolute atomic E-state index is 4.52. The largest absolute Gasteiger partial charge is 0.239 e. The monoisotopic (exact) mass is 140 g/mol. The quantitative estimate of drug-likeness (QED) is 0.194. The molecule has 44 valence electrons. The average Bonchev–Trinajstić information content (AvgIpc) is 1.69. The van der Waals surface area contributed by atoms with Gasteiger partial charge in [-0.05, 0) is 6.26 Å². The lowest BCUT2D eigenvalue weighted by molar-refractivity contribution is -0.254. The van der Waals surface area contributed by atoms with Gasteiger partial charge < -0.3 is 0 Å². The molecule has 0 spiro atoms. The Balaban J connectivity index is 2.45. The fraction of sp³-hybridized carbons (Fsp3) is 1.00. The van der Waals surface area contributed by atoms with Crippen LogP contribution in [0.3, 0.4) is 0 Å². The molecule has 0 atom stereocenters. The molecule has 0 aliphatic carbocycles. The lowest BCUT2D eigenvalue weighted by Crippen LogP contribution is -1.83. The van der Waals surface area contributed by atoms with E-state index in [0.717, 1.165) is 0 Å². The van der Waals surface area contributed by atoms with Crippen molar-refractivity contribution >= 4 is 21.6 Å². The van der Waals surface area contributed by atoms with E-state index in [1.165, 1.54) is 7.11 Å². The van der Waals surface area contributed by atoms with E-state index >= 15 is 0 Å². The Bertz CT molecular complexity index is 30.1. The van der Waals surface area contributed by atoms with E-state index in [9.17, 15) is 0 Å². The topological polar surface area (TPSA) is 18.5 Å². The van der Waals surface area contributed by atoms with Gasteiger partial charge >= 0.3 is 0 Å². The van der Waals surface area contributed by atoms with Gasteiger partial charge in [0.2, 0.25) is 0 Å². The van der Waals surface area contributed by atoms with Crippen molar-refractivity contribution in [2.45, 2.75) is 0 Å². The zero-order valence-corrected chi connectivity index (χ0v) is 5.97. The Hall–Kier alpha value is 0.620. The second-order valence-corrected chi connectivity index (χ2v) is 3.20. The molecule has 0 radical (unpaired) electrons. The van der Waals surface area contributed by atoms with Crippen molar-refractivity contribution in [3.05, 3.63) is 0 Å². The summed E-state index contributed by atoms with van der Waals surface area (Å²) in [7, 11) is 4.76. The van der Waals surface area contributed by atoms with E-state index in [1.807, 2.05) is 6.26 Å². The first-order valence-corrected chi connectivity index (χ1v) is 4.45. The highest BCUT2D eigenvalue weighted by atomic mass is 33.1. The second-order valence-electron chi connectivity index (χ2n) is 0.687. The Morgan fingerprint density at radius 3 is 2.71 bits per heavy atom. The SMILES string of the molecule is COOCSSC. The van der Waals surface area contributed by atoms with Crippen LogP contribution in [-0.4, -0.2) is 19.3 Å². The van der Waals surface area contributed by atoms with Crippen molar-refractivity contribution in [3.63, 3.8) is 0 Å². The van der Waals surface area contributed by atoms with Crippen molar-refractivity contribution in [1.82, 2.24) is 0 Å². The van der Waals surface area contributed by atoms with E-state index in [0.29, 0.717) is 5.94 Å². The first-order valence-electron chi connectivity index (χ1n) is 1.73. The Morgan fingerprint density at radius 1 is 1.57 bits per heavy atom. The molecule has 7 heavy (non-hydrogen) atoms. The Labute approximate surface area is 51.3 Å². The molecule has 0 aliphatic heterocycles. The van der Waals surface area contributed by atoms with Gasteiger partial charge in [-0.3, -0.25) is 0 Å². The molecule has 0 aromatic heterocycles. The van der Waals surface area contributed by atoms with Crippen LogP contribution in [0.1, 0.15) is 0 Å². The first-order chi connectivity index (χ1) is 3.41. The molecule has 0 aliphatic rings. The molecule has 0 fully saturated rings. The van der Waals surface area contributed by atoms with Crippen LogP contribution in [0.4, 0.5) is 0 Å². The minimum atomic E-state index is 0.595. The van der Waals surface area contributed by atoms with E-state index < -0.39 is 0 Å². The smallest absolute Gasteiger partial charge is 0.138 e. The normalized spacial score (nSPS) is 9.43. The van der Waals surface area contributed by atoms with Gasteiger partial charge in [-0.2, -0.15) is 0 Å². The third kappa shape index (κ3) is 6.62. The highest BCUT2D eigenvalue weighted by Gasteiger charge is 1.80. The van der Waals surface area contributed by atoms with Crippen LogP contribution in [0.5, 0.6) is 0 Å². The highest BCUT2D eigenvalue weighted by molar-refractivity contribution is 8.76. The van der Waals surface area contributed by atoms with Crippen LogP contribution in [-0.2, 0) is 9.78 Å². The predicted molar refractivity (Wildman–Crippen MR) is 34.1 cm³/mol. The summed E-state index contributed by atoms with van der Waals surface area (Å²) in [5.41, 5.74) is 0. The van der Waals surface area contributed by atoms with E-state index in [-0.39, 0.29) is 0 Å².